The number of hydrogen-bond acceptors (Lipinski definition) is 5. The van der Waals surface area contributed by atoms with Crippen molar-refractivity contribution in [2.75, 3.05) is 11.9 Å². The first-order valence-corrected chi connectivity index (χ1v) is 10.5. The number of aliphatic hydroxyl groups is 1. The predicted molar refractivity (Wildman–Crippen MR) is 119 cm³/mol. The zero-order valence-electron chi connectivity index (χ0n) is 18.2. The van der Waals surface area contributed by atoms with E-state index in [2.05, 4.69) is 15.7 Å². The van der Waals surface area contributed by atoms with E-state index in [1.54, 1.807) is 10.7 Å². The van der Waals surface area contributed by atoms with Gasteiger partial charge in [-0.15, -0.1) is 0 Å². The Bertz CT molecular complexity index is 1090. The zero-order valence-corrected chi connectivity index (χ0v) is 18.2. The van der Waals surface area contributed by atoms with Crippen LogP contribution in [0.4, 0.5) is 5.82 Å². The highest BCUT2D eigenvalue weighted by Crippen LogP contribution is 2.40. The number of amides is 1. The monoisotopic (exact) mass is 420 g/mol. The number of fused-ring (bicyclic) bond motifs is 1. The van der Waals surface area contributed by atoms with Crippen LogP contribution in [-0.4, -0.2) is 39.7 Å². The summed E-state index contributed by atoms with van der Waals surface area (Å²) in [6, 6.07) is 14.6. The van der Waals surface area contributed by atoms with Crippen LogP contribution in [0.25, 0.3) is 0 Å². The van der Waals surface area contributed by atoms with Crippen molar-refractivity contribution in [2.24, 2.45) is 7.05 Å². The zero-order chi connectivity index (χ0) is 22.1. The van der Waals surface area contributed by atoms with Crippen LogP contribution in [0.2, 0.25) is 0 Å². The molecule has 2 aromatic carbocycles. The van der Waals surface area contributed by atoms with Crippen LogP contribution >= 0.6 is 0 Å². The second kappa shape index (κ2) is 8.43. The van der Waals surface area contributed by atoms with Gasteiger partial charge < -0.3 is 20.5 Å². The highest BCUT2D eigenvalue weighted by molar-refractivity contribution is 5.94. The van der Waals surface area contributed by atoms with Gasteiger partial charge in [0.15, 0.2) is 0 Å². The van der Waals surface area contributed by atoms with E-state index in [0.717, 1.165) is 34.0 Å². The maximum Gasteiger partial charge on any atom is 0.251 e. The van der Waals surface area contributed by atoms with Gasteiger partial charge in [0, 0.05) is 24.1 Å². The van der Waals surface area contributed by atoms with E-state index in [0.29, 0.717) is 12.2 Å². The van der Waals surface area contributed by atoms with Crippen molar-refractivity contribution < 1.29 is 14.6 Å². The number of benzene rings is 2. The lowest BCUT2D eigenvalue weighted by atomic mass is 9.81. The number of aromatic nitrogens is 2. The summed E-state index contributed by atoms with van der Waals surface area (Å²) in [5.41, 5.74) is 4.35. The Hall–Kier alpha value is -3.32. The molecule has 3 aromatic rings. The predicted octanol–water partition coefficient (Wildman–Crippen LogP) is 3.11. The molecule has 0 saturated carbocycles. The Morgan fingerprint density at radius 2 is 1.97 bits per heavy atom. The van der Waals surface area contributed by atoms with Gasteiger partial charge in [-0.25, -0.2) is 0 Å². The fourth-order valence-electron chi connectivity index (χ4n) is 4.31. The first-order valence-electron chi connectivity index (χ1n) is 10.5. The van der Waals surface area contributed by atoms with Gasteiger partial charge in [-0.1, -0.05) is 29.8 Å². The Morgan fingerprint density at radius 3 is 2.65 bits per heavy atom. The molecule has 3 N–H and O–H groups in total. The molecule has 0 aliphatic carbocycles. The molecule has 1 unspecified atom stereocenters. The van der Waals surface area contributed by atoms with Crippen molar-refractivity contribution in [3.05, 3.63) is 76.5 Å². The van der Waals surface area contributed by atoms with Gasteiger partial charge in [0.1, 0.15) is 17.8 Å². The first kappa shape index (κ1) is 20.9. The van der Waals surface area contributed by atoms with Gasteiger partial charge in [0.05, 0.1) is 18.3 Å². The van der Waals surface area contributed by atoms with Crippen LogP contribution < -0.4 is 15.4 Å². The molecule has 0 spiro atoms. The van der Waals surface area contributed by atoms with Crippen LogP contribution in [0.3, 0.4) is 0 Å². The molecule has 0 radical (unpaired) electrons. The number of carbonyl (C=O) groups excluding carboxylic acids is 1. The molecule has 7 nitrogen and oxygen atoms in total. The third-order valence-electron chi connectivity index (χ3n) is 5.69. The average molecular weight is 421 g/mol. The highest BCUT2D eigenvalue weighted by Gasteiger charge is 2.41. The average Bonchev–Trinajstić information content (AvgIpc) is 3.02. The van der Waals surface area contributed by atoms with Crippen molar-refractivity contribution in [2.45, 2.75) is 39.0 Å². The SMILES string of the molecule is CCOc1ccc([C@@H]2c3c(C)nn(C)c3NC(O)[C@H]2NC(=O)c2cccc(C)c2)cc1. The fraction of sp³-hybridized carbons (Fsp3) is 0.333. The number of ether oxygens (including phenoxy) is 1. The van der Waals surface area contributed by atoms with Gasteiger partial charge in [0.2, 0.25) is 0 Å². The standard InChI is InChI=1S/C24H28N4O3/c1-5-31-18-11-9-16(10-12-18)20-19-15(3)27-28(4)22(19)26-24(30)21(20)25-23(29)17-8-6-7-14(2)13-17/h6-13,20-21,24,26,30H,5H2,1-4H3,(H,25,29)/t20-,21+,24?/m1/s1. The minimum absolute atomic E-state index is 0.226. The van der Waals surface area contributed by atoms with Crippen LogP contribution in [0.5, 0.6) is 5.75 Å². The molecule has 0 bridgehead atoms. The molecule has 1 aliphatic rings. The molecular formula is C24H28N4O3. The van der Waals surface area contributed by atoms with Gasteiger partial charge >= 0.3 is 0 Å². The summed E-state index contributed by atoms with van der Waals surface area (Å²) in [5.74, 6) is 1.04. The number of hydrogen-bond donors (Lipinski definition) is 3. The minimum atomic E-state index is -0.979. The van der Waals surface area contributed by atoms with E-state index >= 15 is 0 Å². The maximum absolute atomic E-state index is 13.0. The summed E-state index contributed by atoms with van der Waals surface area (Å²) in [6.45, 7) is 6.42. The number of anilines is 1. The summed E-state index contributed by atoms with van der Waals surface area (Å²) >= 11 is 0. The third kappa shape index (κ3) is 4.01. The molecule has 1 amide bonds. The normalized spacial score (nSPS) is 20.0. The molecule has 2 heterocycles. The van der Waals surface area contributed by atoms with Gasteiger partial charge in [-0.05, 0) is 50.6 Å². The third-order valence-corrected chi connectivity index (χ3v) is 5.69. The maximum atomic E-state index is 13.0. The second-order valence-electron chi connectivity index (χ2n) is 7.91. The fourth-order valence-corrected chi connectivity index (χ4v) is 4.31. The van der Waals surface area contributed by atoms with E-state index < -0.39 is 12.3 Å². The van der Waals surface area contributed by atoms with E-state index in [-0.39, 0.29) is 11.8 Å². The number of nitrogens with one attached hydrogen (secondary N) is 2. The topological polar surface area (TPSA) is 88.4 Å². The Morgan fingerprint density at radius 1 is 1.23 bits per heavy atom. The molecule has 31 heavy (non-hydrogen) atoms. The number of rotatable bonds is 5. The largest absolute Gasteiger partial charge is 0.494 e. The van der Waals surface area contributed by atoms with E-state index in [4.69, 9.17) is 4.74 Å². The number of nitrogens with zero attached hydrogens (tertiary/aromatic N) is 2. The van der Waals surface area contributed by atoms with Crippen LogP contribution in [0.1, 0.15) is 45.6 Å². The number of aryl methyl sites for hydroxylation is 3. The summed E-state index contributed by atoms with van der Waals surface area (Å²) in [7, 11) is 1.84. The molecule has 1 aromatic heterocycles. The molecule has 162 valence electrons. The van der Waals surface area contributed by atoms with E-state index in [9.17, 15) is 9.90 Å². The smallest absolute Gasteiger partial charge is 0.251 e. The van der Waals surface area contributed by atoms with Crippen molar-refractivity contribution in [1.82, 2.24) is 15.1 Å². The van der Waals surface area contributed by atoms with Crippen LogP contribution in [0, 0.1) is 13.8 Å². The summed E-state index contributed by atoms with van der Waals surface area (Å²) in [6.07, 6.45) is -0.979. The Labute approximate surface area is 182 Å². The lowest BCUT2D eigenvalue weighted by Crippen LogP contribution is -2.53. The minimum Gasteiger partial charge on any atom is -0.494 e. The van der Waals surface area contributed by atoms with Crippen molar-refractivity contribution in [1.29, 1.82) is 0 Å². The van der Waals surface area contributed by atoms with E-state index in [1.807, 2.05) is 70.3 Å². The molecule has 0 saturated heterocycles. The van der Waals surface area contributed by atoms with Crippen molar-refractivity contribution >= 4 is 11.7 Å². The number of aliphatic hydroxyl groups excluding tert-OH is 1. The highest BCUT2D eigenvalue weighted by atomic mass is 16.5. The Balaban J connectivity index is 1.74. The van der Waals surface area contributed by atoms with Gasteiger partial charge in [0.25, 0.3) is 5.91 Å². The van der Waals surface area contributed by atoms with Gasteiger partial charge in [-0.2, -0.15) is 5.10 Å². The lowest BCUT2D eigenvalue weighted by molar-refractivity contribution is 0.0843. The summed E-state index contributed by atoms with van der Waals surface area (Å²) in [5, 5.41) is 21.7. The number of carbonyl (C=O) groups is 1. The first-order chi connectivity index (χ1) is 14.9. The molecule has 1 aliphatic heterocycles. The molecule has 3 atom stereocenters. The summed E-state index contributed by atoms with van der Waals surface area (Å²) < 4.78 is 7.31. The van der Waals surface area contributed by atoms with Crippen LogP contribution in [-0.2, 0) is 7.05 Å². The Kier molecular flexibility index (Phi) is 5.69. The molecule has 4 rings (SSSR count). The van der Waals surface area contributed by atoms with Crippen molar-refractivity contribution in [3.8, 4) is 5.75 Å². The molecule has 7 heteroatoms. The quantitative estimate of drug-likeness (QED) is 0.590. The molecular weight excluding hydrogens is 392 g/mol. The summed E-state index contributed by atoms with van der Waals surface area (Å²) in [4.78, 5) is 13.0. The van der Waals surface area contributed by atoms with Crippen LogP contribution in [0.15, 0.2) is 48.5 Å². The molecule has 0 fully saturated rings. The van der Waals surface area contributed by atoms with E-state index in [1.165, 1.54) is 0 Å². The lowest BCUT2D eigenvalue weighted by Gasteiger charge is -2.37. The van der Waals surface area contributed by atoms with Crippen molar-refractivity contribution in [3.63, 3.8) is 0 Å². The van der Waals surface area contributed by atoms with Gasteiger partial charge in [-0.3, -0.25) is 9.48 Å². The second-order valence-corrected chi connectivity index (χ2v) is 7.91.